The average Bonchev–Trinajstić information content (AvgIpc) is 2.81. The summed E-state index contributed by atoms with van der Waals surface area (Å²) in [5, 5.41) is 12.1. The summed E-state index contributed by atoms with van der Waals surface area (Å²) in [5.74, 6) is 1.27. The third-order valence-electron chi connectivity index (χ3n) is 3.13. The Morgan fingerprint density at radius 3 is 2.80 bits per heavy atom. The van der Waals surface area contributed by atoms with Gasteiger partial charge in [-0.3, -0.25) is 0 Å². The summed E-state index contributed by atoms with van der Waals surface area (Å²) < 4.78 is 0. The Morgan fingerprint density at radius 2 is 2.20 bits per heavy atom. The summed E-state index contributed by atoms with van der Waals surface area (Å²) in [6.45, 7) is 0. The first-order valence-corrected chi connectivity index (χ1v) is 5.43. The Hall–Kier alpha value is -1.56. The van der Waals surface area contributed by atoms with Crippen LogP contribution in [-0.2, 0) is 0 Å². The van der Waals surface area contributed by atoms with Crippen LogP contribution in [0.25, 0.3) is 0 Å². The van der Waals surface area contributed by atoms with Crippen molar-refractivity contribution >= 4 is 5.82 Å². The number of nitrogens with one attached hydrogen (secondary N) is 1. The van der Waals surface area contributed by atoms with Gasteiger partial charge in [0.2, 0.25) is 0 Å². The van der Waals surface area contributed by atoms with Crippen molar-refractivity contribution in [3.8, 4) is 6.07 Å². The molecule has 0 unspecified atom stereocenters. The molecule has 1 saturated carbocycles. The number of anilines is 1. The average molecular weight is 201 g/mol. The van der Waals surface area contributed by atoms with Crippen molar-refractivity contribution in [2.45, 2.75) is 31.6 Å². The molecule has 0 amide bonds. The van der Waals surface area contributed by atoms with Gasteiger partial charge in [0.15, 0.2) is 0 Å². The molecule has 0 atom stereocenters. The molecule has 2 rings (SSSR count). The largest absolute Gasteiger partial charge is 0.372 e. The van der Waals surface area contributed by atoms with Gasteiger partial charge in [0, 0.05) is 13.2 Å². The predicted molar refractivity (Wildman–Crippen MR) is 59.7 cm³/mol. The number of hydrogen-bond donors (Lipinski definition) is 1. The molecule has 1 aromatic heterocycles. The number of hydrogen-bond acceptors (Lipinski definition) is 3. The van der Waals surface area contributed by atoms with Gasteiger partial charge in [-0.15, -0.1) is 0 Å². The van der Waals surface area contributed by atoms with Gasteiger partial charge in [-0.2, -0.15) is 5.26 Å². The SMILES string of the molecule is CNc1nccc(C2CCCC2)c1C#N. The molecular formula is C12H15N3. The molecular weight excluding hydrogens is 186 g/mol. The lowest BCUT2D eigenvalue weighted by molar-refractivity contribution is 0.720. The molecule has 1 aromatic rings. The lowest BCUT2D eigenvalue weighted by Gasteiger charge is -2.13. The van der Waals surface area contributed by atoms with Gasteiger partial charge in [0.05, 0.1) is 5.56 Å². The normalized spacial score (nSPS) is 16.3. The molecule has 0 radical (unpaired) electrons. The summed E-state index contributed by atoms with van der Waals surface area (Å²) in [5.41, 5.74) is 1.90. The summed E-state index contributed by atoms with van der Waals surface area (Å²) in [4.78, 5) is 4.17. The molecule has 1 fully saturated rings. The molecule has 0 spiro atoms. The van der Waals surface area contributed by atoms with E-state index in [-0.39, 0.29) is 0 Å². The Bertz CT molecular complexity index is 386. The smallest absolute Gasteiger partial charge is 0.143 e. The Balaban J connectivity index is 2.42. The second-order valence-corrected chi connectivity index (χ2v) is 3.97. The van der Waals surface area contributed by atoms with Crippen LogP contribution in [0.3, 0.4) is 0 Å². The monoisotopic (exact) mass is 201 g/mol. The molecule has 0 saturated heterocycles. The van der Waals surface area contributed by atoms with E-state index in [0.29, 0.717) is 11.7 Å². The first-order valence-electron chi connectivity index (χ1n) is 5.43. The maximum absolute atomic E-state index is 9.16. The summed E-state index contributed by atoms with van der Waals surface area (Å²) in [6, 6.07) is 4.26. The number of pyridine rings is 1. The zero-order valence-electron chi connectivity index (χ0n) is 8.95. The topological polar surface area (TPSA) is 48.7 Å². The quantitative estimate of drug-likeness (QED) is 0.800. The fraction of sp³-hybridized carbons (Fsp3) is 0.500. The minimum absolute atomic E-state index is 0.565. The molecule has 1 N–H and O–H groups in total. The van der Waals surface area contributed by atoms with Crippen LogP contribution < -0.4 is 5.32 Å². The maximum Gasteiger partial charge on any atom is 0.143 e. The second-order valence-electron chi connectivity index (χ2n) is 3.97. The zero-order valence-corrected chi connectivity index (χ0v) is 8.95. The third kappa shape index (κ3) is 1.80. The molecule has 1 aliphatic rings. The van der Waals surface area contributed by atoms with E-state index >= 15 is 0 Å². The molecule has 0 aliphatic heterocycles. The Labute approximate surface area is 90.1 Å². The number of aromatic nitrogens is 1. The lowest BCUT2D eigenvalue weighted by Crippen LogP contribution is -2.02. The fourth-order valence-corrected chi connectivity index (χ4v) is 2.36. The van der Waals surface area contributed by atoms with Gasteiger partial charge in [0.1, 0.15) is 11.9 Å². The summed E-state index contributed by atoms with van der Waals surface area (Å²) in [7, 11) is 1.81. The van der Waals surface area contributed by atoms with Crippen LogP contribution in [-0.4, -0.2) is 12.0 Å². The minimum Gasteiger partial charge on any atom is -0.372 e. The van der Waals surface area contributed by atoms with Crippen molar-refractivity contribution in [2.24, 2.45) is 0 Å². The van der Waals surface area contributed by atoms with Crippen molar-refractivity contribution in [3.63, 3.8) is 0 Å². The summed E-state index contributed by atoms with van der Waals surface area (Å²) >= 11 is 0. The van der Waals surface area contributed by atoms with Crippen LogP contribution in [0.4, 0.5) is 5.82 Å². The van der Waals surface area contributed by atoms with E-state index in [1.807, 2.05) is 13.1 Å². The molecule has 0 aromatic carbocycles. The minimum atomic E-state index is 0.565. The Kier molecular flexibility index (Phi) is 2.86. The van der Waals surface area contributed by atoms with E-state index in [9.17, 15) is 0 Å². The third-order valence-corrected chi connectivity index (χ3v) is 3.13. The number of rotatable bonds is 2. The lowest BCUT2D eigenvalue weighted by atomic mass is 9.94. The van der Waals surface area contributed by atoms with E-state index in [2.05, 4.69) is 16.4 Å². The van der Waals surface area contributed by atoms with E-state index in [4.69, 9.17) is 5.26 Å². The van der Waals surface area contributed by atoms with Crippen molar-refractivity contribution in [2.75, 3.05) is 12.4 Å². The van der Waals surface area contributed by atoms with E-state index in [0.717, 1.165) is 5.56 Å². The van der Waals surface area contributed by atoms with Crippen LogP contribution in [0.1, 0.15) is 42.7 Å². The van der Waals surface area contributed by atoms with Crippen LogP contribution >= 0.6 is 0 Å². The number of nitriles is 1. The Morgan fingerprint density at radius 1 is 1.47 bits per heavy atom. The van der Waals surface area contributed by atoms with Crippen LogP contribution in [0.15, 0.2) is 12.3 Å². The molecule has 78 valence electrons. The molecule has 0 bridgehead atoms. The molecule has 3 heteroatoms. The highest BCUT2D eigenvalue weighted by molar-refractivity contribution is 5.56. The first kappa shape index (κ1) is 9.97. The highest BCUT2D eigenvalue weighted by Crippen LogP contribution is 2.36. The molecule has 15 heavy (non-hydrogen) atoms. The zero-order chi connectivity index (χ0) is 10.7. The van der Waals surface area contributed by atoms with Crippen molar-refractivity contribution < 1.29 is 0 Å². The maximum atomic E-state index is 9.16. The van der Waals surface area contributed by atoms with Crippen LogP contribution in [0, 0.1) is 11.3 Å². The van der Waals surface area contributed by atoms with Crippen LogP contribution in [0.5, 0.6) is 0 Å². The highest BCUT2D eigenvalue weighted by Gasteiger charge is 2.21. The van der Waals surface area contributed by atoms with E-state index in [1.54, 1.807) is 6.20 Å². The molecule has 3 nitrogen and oxygen atoms in total. The molecule has 1 heterocycles. The molecule has 1 aliphatic carbocycles. The number of nitrogens with zero attached hydrogens (tertiary/aromatic N) is 2. The van der Waals surface area contributed by atoms with Crippen molar-refractivity contribution in [1.29, 1.82) is 5.26 Å². The second kappa shape index (κ2) is 4.31. The van der Waals surface area contributed by atoms with Gasteiger partial charge < -0.3 is 5.32 Å². The van der Waals surface area contributed by atoms with Crippen LogP contribution in [0.2, 0.25) is 0 Å². The highest BCUT2D eigenvalue weighted by atomic mass is 15.0. The predicted octanol–water partition coefficient (Wildman–Crippen LogP) is 2.65. The van der Waals surface area contributed by atoms with Gasteiger partial charge in [-0.1, -0.05) is 12.8 Å². The van der Waals surface area contributed by atoms with E-state index in [1.165, 1.54) is 31.2 Å². The van der Waals surface area contributed by atoms with Crippen molar-refractivity contribution in [1.82, 2.24) is 4.98 Å². The van der Waals surface area contributed by atoms with Gasteiger partial charge in [0.25, 0.3) is 0 Å². The standard InChI is InChI=1S/C12H15N3/c1-14-12-11(8-13)10(6-7-15-12)9-4-2-3-5-9/h6-7,9H,2-5H2,1H3,(H,14,15). The summed E-state index contributed by atoms with van der Waals surface area (Å²) in [6.07, 6.45) is 6.78. The van der Waals surface area contributed by atoms with Gasteiger partial charge >= 0.3 is 0 Å². The van der Waals surface area contributed by atoms with Crippen molar-refractivity contribution in [3.05, 3.63) is 23.4 Å². The van der Waals surface area contributed by atoms with Gasteiger partial charge in [-0.25, -0.2) is 4.98 Å². The first-order chi connectivity index (χ1) is 7.36. The fourth-order valence-electron chi connectivity index (χ4n) is 2.36. The van der Waals surface area contributed by atoms with Gasteiger partial charge in [-0.05, 0) is 30.4 Å². The van der Waals surface area contributed by atoms with E-state index < -0.39 is 0 Å².